The molecule has 120 valence electrons. The summed E-state index contributed by atoms with van der Waals surface area (Å²) in [5.74, 6) is 0.0634. The second-order valence-corrected chi connectivity index (χ2v) is 7.51. The van der Waals surface area contributed by atoms with E-state index >= 15 is 0 Å². The number of sulfonamides is 1. The first kappa shape index (κ1) is 16.7. The Morgan fingerprint density at radius 2 is 1.55 bits per heavy atom. The third-order valence-electron chi connectivity index (χ3n) is 3.93. The van der Waals surface area contributed by atoms with Gasteiger partial charge in [0.1, 0.15) is 0 Å². The van der Waals surface area contributed by atoms with Gasteiger partial charge in [-0.3, -0.25) is 9.52 Å². The van der Waals surface area contributed by atoms with Crippen molar-refractivity contribution < 1.29 is 13.2 Å². The number of ketones is 1. The highest BCUT2D eigenvalue weighted by Crippen LogP contribution is 2.19. The van der Waals surface area contributed by atoms with Crippen LogP contribution in [0.1, 0.15) is 50.5 Å². The first-order chi connectivity index (χ1) is 10.5. The van der Waals surface area contributed by atoms with E-state index < -0.39 is 10.0 Å². The zero-order chi connectivity index (χ0) is 16.0. The number of hydrogen-bond donors (Lipinski definition) is 1. The highest BCUT2D eigenvalue weighted by atomic mass is 32.2. The fraction of sp³-hybridized carbons (Fsp3) is 0.471. The third kappa shape index (κ3) is 4.70. The van der Waals surface area contributed by atoms with Crippen LogP contribution < -0.4 is 4.72 Å². The van der Waals surface area contributed by atoms with Gasteiger partial charge < -0.3 is 0 Å². The van der Waals surface area contributed by atoms with E-state index in [2.05, 4.69) is 4.72 Å². The molecule has 1 N–H and O–H groups in total. The summed E-state index contributed by atoms with van der Waals surface area (Å²) in [5.41, 5.74) is 1.60. The summed E-state index contributed by atoms with van der Waals surface area (Å²) in [5, 5.41) is 0. The number of benzene rings is 1. The van der Waals surface area contributed by atoms with E-state index in [4.69, 9.17) is 0 Å². The van der Waals surface area contributed by atoms with Crippen LogP contribution in [0.15, 0.2) is 40.9 Å². The minimum absolute atomic E-state index is 0.0634. The summed E-state index contributed by atoms with van der Waals surface area (Å²) in [6.45, 7) is 1.90. The molecule has 1 fully saturated rings. The van der Waals surface area contributed by atoms with Crippen molar-refractivity contribution in [2.24, 2.45) is 0 Å². The molecule has 1 aromatic carbocycles. The molecule has 1 aliphatic rings. The zero-order valence-electron chi connectivity index (χ0n) is 13.0. The van der Waals surface area contributed by atoms with Crippen LogP contribution in [0.5, 0.6) is 0 Å². The van der Waals surface area contributed by atoms with Gasteiger partial charge in [-0.05, 0) is 38.3 Å². The maximum atomic E-state index is 12.2. The van der Waals surface area contributed by atoms with Crippen LogP contribution in [0.4, 0.5) is 0 Å². The second-order valence-electron chi connectivity index (χ2n) is 5.79. The Labute approximate surface area is 132 Å². The number of allylic oxidation sites excluding steroid dienone is 1. The smallest absolute Gasteiger partial charge is 0.261 e. The molecule has 0 atom stereocenters. The lowest BCUT2D eigenvalue weighted by molar-refractivity contribution is -0.115. The van der Waals surface area contributed by atoms with Gasteiger partial charge in [0.2, 0.25) is 0 Å². The molecule has 0 amide bonds. The van der Waals surface area contributed by atoms with E-state index in [9.17, 15) is 13.2 Å². The Kier molecular flexibility index (Phi) is 5.77. The van der Waals surface area contributed by atoms with Gasteiger partial charge in [0, 0.05) is 18.2 Å². The molecule has 1 aliphatic carbocycles. The minimum Gasteiger partial charge on any atom is -0.294 e. The van der Waals surface area contributed by atoms with Gasteiger partial charge in [-0.15, -0.1) is 0 Å². The van der Waals surface area contributed by atoms with Gasteiger partial charge in [-0.2, -0.15) is 0 Å². The van der Waals surface area contributed by atoms with Crippen LogP contribution >= 0.6 is 0 Å². The number of carbonyl (C=O) groups is 1. The molecule has 0 saturated heterocycles. The summed E-state index contributed by atoms with van der Waals surface area (Å²) in [6, 6.07) is 6.65. The van der Waals surface area contributed by atoms with E-state index in [0.717, 1.165) is 37.7 Å². The van der Waals surface area contributed by atoms with E-state index in [0.29, 0.717) is 18.4 Å². The predicted molar refractivity (Wildman–Crippen MR) is 86.9 cm³/mol. The summed E-state index contributed by atoms with van der Waals surface area (Å²) in [6.07, 6.45) is 7.69. The van der Waals surface area contributed by atoms with Crippen molar-refractivity contribution in [3.63, 3.8) is 0 Å². The quantitative estimate of drug-likeness (QED) is 0.867. The Bertz CT molecular complexity index is 645. The highest BCUT2D eigenvalue weighted by Gasteiger charge is 2.15. The molecule has 22 heavy (non-hydrogen) atoms. The van der Waals surface area contributed by atoms with Crippen molar-refractivity contribution in [2.45, 2.75) is 56.8 Å². The highest BCUT2D eigenvalue weighted by molar-refractivity contribution is 7.89. The van der Waals surface area contributed by atoms with E-state index in [1.807, 2.05) is 6.92 Å². The molecule has 1 saturated carbocycles. The van der Waals surface area contributed by atoms with Gasteiger partial charge >= 0.3 is 0 Å². The van der Waals surface area contributed by atoms with Gasteiger partial charge in [-0.1, -0.05) is 37.0 Å². The number of aryl methyl sites for hydroxylation is 1. The van der Waals surface area contributed by atoms with Gasteiger partial charge in [-0.25, -0.2) is 8.42 Å². The number of carbonyl (C=O) groups excluding carboxylic acids is 1. The average Bonchev–Trinajstić information content (AvgIpc) is 2.58. The maximum Gasteiger partial charge on any atom is 0.261 e. The number of rotatable bonds is 3. The Balaban J connectivity index is 2.13. The first-order valence-corrected chi connectivity index (χ1v) is 9.28. The van der Waals surface area contributed by atoms with Crippen LogP contribution in [0, 0.1) is 6.92 Å². The minimum atomic E-state index is -3.61. The monoisotopic (exact) mass is 321 g/mol. The van der Waals surface area contributed by atoms with Crippen molar-refractivity contribution in [3.05, 3.63) is 41.6 Å². The Hall–Kier alpha value is -1.62. The van der Waals surface area contributed by atoms with E-state index in [1.54, 1.807) is 24.3 Å². The molecule has 0 bridgehead atoms. The fourth-order valence-corrected chi connectivity index (χ4v) is 3.45. The molecule has 5 heteroatoms. The Morgan fingerprint density at radius 1 is 0.955 bits per heavy atom. The van der Waals surface area contributed by atoms with Gasteiger partial charge in [0.25, 0.3) is 10.0 Å². The second kappa shape index (κ2) is 7.58. The fourth-order valence-electron chi connectivity index (χ4n) is 2.52. The van der Waals surface area contributed by atoms with Crippen LogP contribution in [-0.4, -0.2) is 14.2 Å². The average molecular weight is 321 g/mol. The van der Waals surface area contributed by atoms with E-state index in [-0.39, 0.29) is 10.7 Å². The Morgan fingerprint density at radius 3 is 2.23 bits per heavy atom. The van der Waals surface area contributed by atoms with E-state index in [1.165, 1.54) is 6.20 Å². The molecule has 4 nitrogen and oxygen atoms in total. The van der Waals surface area contributed by atoms with Crippen molar-refractivity contribution in [1.29, 1.82) is 0 Å². The summed E-state index contributed by atoms with van der Waals surface area (Å²) >= 11 is 0. The van der Waals surface area contributed by atoms with Crippen molar-refractivity contribution in [1.82, 2.24) is 4.72 Å². The lowest BCUT2D eigenvalue weighted by Gasteiger charge is -2.08. The van der Waals surface area contributed by atoms with Crippen molar-refractivity contribution >= 4 is 15.8 Å². The number of hydrogen-bond acceptors (Lipinski definition) is 3. The maximum absolute atomic E-state index is 12.2. The number of Topliss-reactive ketones (excluding diaryl/α,β-unsaturated/α-hetero) is 1. The molecule has 1 aromatic rings. The standard InChI is InChI=1S/C17H23NO3S/c1-14-9-11-16(12-10-14)22(20,21)18-13-15-7-5-3-2-4-6-8-17(15)19/h9-13,18H,2-8H2,1H3/b15-13-. The van der Waals surface area contributed by atoms with Gasteiger partial charge in [0.05, 0.1) is 4.90 Å². The summed E-state index contributed by atoms with van der Waals surface area (Å²) in [4.78, 5) is 12.3. The molecular weight excluding hydrogens is 298 g/mol. The van der Waals surface area contributed by atoms with Crippen molar-refractivity contribution in [2.75, 3.05) is 0 Å². The summed E-state index contributed by atoms with van der Waals surface area (Å²) < 4.78 is 26.9. The molecule has 0 radical (unpaired) electrons. The van der Waals surface area contributed by atoms with Crippen LogP contribution in [-0.2, 0) is 14.8 Å². The zero-order valence-corrected chi connectivity index (χ0v) is 13.8. The normalized spacial score (nSPS) is 19.3. The van der Waals surface area contributed by atoms with Crippen LogP contribution in [0.2, 0.25) is 0 Å². The first-order valence-electron chi connectivity index (χ1n) is 7.80. The number of nitrogens with one attached hydrogen (secondary N) is 1. The van der Waals surface area contributed by atoms with Crippen LogP contribution in [0.3, 0.4) is 0 Å². The molecule has 2 rings (SSSR count). The molecule has 0 aliphatic heterocycles. The molecule has 0 heterocycles. The largest absolute Gasteiger partial charge is 0.294 e. The molecule has 0 unspecified atom stereocenters. The molecule has 0 spiro atoms. The van der Waals surface area contributed by atoms with Crippen molar-refractivity contribution in [3.8, 4) is 0 Å². The summed E-state index contributed by atoms with van der Waals surface area (Å²) in [7, 11) is -3.61. The van der Waals surface area contributed by atoms with Gasteiger partial charge in [0.15, 0.2) is 5.78 Å². The van der Waals surface area contributed by atoms with Crippen LogP contribution in [0.25, 0.3) is 0 Å². The molecule has 0 aromatic heterocycles. The lowest BCUT2D eigenvalue weighted by atomic mass is 10.0. The topological polar surface area (TPSA) is 63.2 Å². The predicted octanol–water partition coefficient (Wildman–Crippen LogP) is 3.47. The lowest BCUT2D eigenvalue weighted by Crippen LogP contribution is -2.20. The molecular formula is C17H23NO3S. The SMILES string of the molecule is Cc1ccc(S(=O)(=O)N/C=C2/CCCCCCCC2=O)cc1. The third-order valence-corrected chi connectivity index (χ3v) is 5.25.